The van der Waals surface area contributed by atoms with E-state index in [0.29, 0.717) is 43.7 Å². The summed E-state index contributed by atoms with van der Waals surface area (Å²) in [6.07, 6.45) is 2.59. The van der Waals surface area contributed by atoms with E-state index in [1.165, 1.54) is 0 Å². The van der Waals surface area contributed by atoms with Crippen LogP contribution in [-0.4, -0.2) is 37.4 Å². The standard InChI is InChI=1S/C17H24N2O5/c1-23-14-8-5-12(15(9-14)24-2)10-18-17(22)19-13-6-3-11(4-7-13)16(20)21/h5,8-9,11,13H,3-4,6-7,10H2,1-2H3,(H,20,21)(H2,18,19,22). The van der Waals surface area contributed by atoms with Gasteiger partial charge in [0, 0.05) is 24.2 Å². The summed E-state index contributed by atoms with van der Waals surface area (Å²) in [5, 5.41) is 14.7. The van der Waals surface area contributed by atoms with Crippen molar-refractivity contribution in [2.24, 2.45) is 5.92 Å². The van der Waals surface area contributed by atoms with Gasteiger partial charge in [0.05, 0.1) is 20.1 Å². The third-order valence-electron chi connectivity index (χ3n) is 4.35. The van der Waals surface area contributed by atoms with E-state index in [1.54, 1.807) is 20.3 Å². The van der Waals surface area contributed by atoms with Crippen LogP contribution in [0.25, 0.3) is 0 Å². The lowest BCUT2D eigenvalue weighted by molar-refractivity contribution is -0.142. The summed E-state index contributed by atoms with van der Waals surface area (Å²) >= 11 is 0. The smallest absolute Gasteiger partial charge is 0.315 e. The number of ether oxygens (including phenoxy) is 2. The summed E-state index contributed by atoms with van der Waals surface area (Å²) < 4.78 is 10.4. The van der Waals surface area contributed by atoms with E-state index in [0.717, 1.165) is 5.56 Å². The number of nitrogens with one attached hydrogen (secondary N) is 2. The maximum atomic E-state index is 12.0. The molecule has 0 aromatic heterocycles. The number of hydrogen-bond acceptors (Lipinski definition) is 4. The molecule has 0 heterocycles. The van der Waals surface area contributed by atoms with Crippen LogP contribution in [0.15, 0.2) is 18.2 Å². The van der Waals surface area contributed by atoms with Gasteiger partial charge in [0.1, 0.15) is 11.5 Å². The lowest BCUT2D eigenvalue weighted by Gasteiger charge is -2.26. The molecule has 1 saturated carbocycles. The van der Waals surface area contributed by atoms with Gasteiger partial charge in [-0.25, -0.2) is 4.79 Å². The molecule has 132 valence electrons. The van der Waals surface area contributed by atoms with Gasteiger partial charge in [0.2, 0.25) is 0 Å². The molecule has 0 aliphatic heterocycles. The Kier molecular flexibility index (Phi) is 6.28. The fourth-order valence-corrected chi connectivity index (χ4v) is 2.89. The number of carboxylic acids is 1. The van der Waals surface area contributed by atoms with Crippen molar-refractivity contribution < 1.29 is 24.2 Å². The summed E-state index contributed by atoms with van der Waals surface area (Å²) in [5.74, 6) is 0.311. The summed E-state index contributed by atoms with van der Waals surface area (Å²) in [5.41, 5.74) is 0.850. The van der Waals surface area contributed by atoms with E-state index in [1.807, 2.05) is 12.1 Å². The summed E-state index contributed by atoms with van der Waals surface area (Å²) in [6.45, 7) is 0.337. The van der Waals surface area contributed by atoms with Crippen molar-refractivity contribution in [2.45, 2.75) is 38.3 Å². The van der Waals surface area contributed by atoms with Gasteiger partial charge in [0.25, 0.3) is 0 Å². The number of carboxylic acid groups (broad SMARTS) is 1. The predicted molar refractivity (Wildman–Crippen MR) is 88.3 cm³/mol. The minimum atomic E-state index is -0.746. The Morgan fingerprint density at radius 3 is 2.46 bits per heavy atom. The molecule has 0 saturated heterocycles. The molecule has 0 unspecified atom stereocenters. The number of carbonyl (C=O) groups is 2. The highest BCUT2D eigenvalue weighted by molar-refractivity contribution is 5.74. The van der Waals surface area contributed by atoms with Crippen molar-refractivity contribution in [3.05, 3.63) is 23.8 Å². The first kappa shape index (κ1) is 17.9. The molecule has 1 aliphatic rings. The lowest BCUT2D eigenvalue weighted by Crippen LogP contribution is -2.43. The second kappa shape index (κ2) is 8.42. The molecule has 0 radical (unpaired) electrons. The van der Waals surface area contributed by atoms with Gasteiger partial charge in [-0.05, 0) is 37.8 Å². The molecule has 0 spiro atoms. The highest BCUT2D eigenvalue weighted by atomic mass is 16.5. The zero-order chi connectivity index (χ0) is 17.5. The SMILES string of the molecule is COc1ccc(CNC(=O)NC2CCC(C(=O)O)CC2)c(OC)c1. The van der Waals surface area contributed by atoms with Crippen LogP contribution in [0.4, 0.5) is 4.79 Å². The van der Waals surface area contributed by atoms with Crippen molar-refractivity contribution in [1.29, 1.82) is 0 Å². The maximum absolute atomic E-state index is 12.0. The first-order valence-corrected chi connectivity index (χ1v) is 8.01. The first-order valence-electron chi connectivity index (χ1n) is 8.01. The second-order valence-electron chi connectivity index (χ2n) is 5.89. The zero-order valence-corrected chi connectivity index (χ0v) is 14.0. The van der Waals surface area contributed by atoms with Crippen molar-refractivity contribution in [3.8, 4) is 11.5 Å². The van der Waals surface area contributed by atoms with Crippen LogP contribution < -0.4 is 20.1 Å². The highest BCUT2D eigenvalue weighted by Crippen LogP contribution is 2.25. The Labute approximate surface area is 141 Å². The van der Waals surface area contributed by atoms with Gasteiger partial charge in [-0.3, -0.25) is 4.79 Å². The van der Waals surface area contributed by atoms with E-state index >= 15 is 0 Å². The van der Waals surface area contributed by atoms with Gasteiger partial charge in [-0.1, -0.05) is 0 Å². The van der Waals surface area contributed by atoms with Crippen LogP contribution in [0.5, 0.6) is 11.5 Å². The van der Waals surface area contributed by atoms with Crippen molar-refractivity contribution in [1.82, 2.24) is 10.6 Å². The Morgan fingerprint density at radius 2 is 1.88 bits per heavy atom. The van der Waals surface area contributed by atoms with Gasteiger partial charge >= 0.3 is 12.0 Å². The molecule has 0 atom stereocenters. The van der Waals surface area contributed by atoms with Gasteiger partial charge < -0.3 is 25.2 Å². The van der Waals surface area contributed by atoms with Crippen LogP contribution >= 0.6 is 0 Å². The number of urea groups is 1. The molecule has 24 heavy (non-hydrogen) atoms. The van der Waals surface area contributed by atoms with E-state index in [-0.39, 0.29) is 18.0 Å². The Bertz CT molecular complexity index is 582. The van der Waals surface area contributed by atoms with Crippen LogP contribution in [0.1, 0.15) is 31.2 Å². The number of methoxy groups -OCH3 is 2. The topological polar surface area (TPSA) is 96.9 Å². The van der Waals surface area contributed by atoms with Gasteiger partial charge in [-0.2, -0.15) is 0 Å². The molecule has 1 fully saturated rings. The fraction of sp³-hybridized carbons (Fsp3) is 0.529. The monoisotopic (exact) mass is 336 g/mol. The average molecular weight is 336 g/mol. The van der Waals surface area contributed by atoms with Crippen LogP contribution in [-0.2, 0) is 11.3 Å². The van der Waals surface area contributed by atoms with Crippen LogP contribution in [0, 0.1) is 5.92 Å². The highest BCUT2D eigenvalue weighted by Gasteiger charge is 2.26. The number of amides is 2. The van der Waals surface area contributed by atoms with Crippen LogP contribution in [0.3, 0.4) is 0 Å². The third kappa shape index (κ3) is 4.78. The summed E-state index contributed by atoms with van der Waals surface area (Å²) in [6, 6.07) is 5.19. The minimum absolute atomic E-state index is 0.0263. The normalized spacial score (nSPS) is 20.1. The van der Waals surface area contributed by atoms with Crippen LogP contribution in [0.2, 0.25) is 0 Å². The van der Waals surface area contributed by atoms with Gasteiger partial charge in [-0.15, -0.1) is 0 Å². The molecule has 2 rings (SSSR count). The van der Waals surface area contributed by atoms with E-state index < -0.39 is 5.97 Å². The third-order valence-corrected chi connectivity index (χ3v) is 4.35. The Hall–Kier alpha value is -2.44. The Balaban J connectivity index is 1.80. The maximum Gasteiger partial charge on any atom is 0.315 e. The largest absolute Gasteiger partial charge is 0.497 e. The quantitative estimate of drug-likeness (QED) is 0.739. The minimum Gasteiger partial charge on any atom is -0.497 e. The molecule has 7 heteroatoms. The molecule has 1 aromatic carbocycles. The molecule has 0 bridgehead atoms. The van der Waals surface area contributed by atoms with Gasteiger partial charge in [0.15, 0.2) is 0 Å². The molecule has 1 aliphatic carbocycles. The first-order chi connectivity index (χ1) is 11.5. The average Bonchev–Trinajstić information content (AvgIpc) is 2.60. The summed E-state index contributed by atoms with van der Waals surface area (Å²) in [7, 11) is 3.15. The van der Waals surface area contributed by atoms with E-state index in [9.17, 15) is 9.59 Å². The second-order valence-corrected chi connectivity index (χ2v) is 5.89. The number of benzene rings is 1. The zero-order valence-electron chi connectivity index (χ0n) is 14.0. The molecule has 3 N–H and O–H groups in total. The fourth-order valence-electron chi connectivity index (χ4n) is 2.89. The molecule has 2 amide bonds. The number of carbonyl (C=O) groups excluding carboxylic acids is 1. The van der Waals surface area contributed by atoms with E-state index in [4.69, 9.17) is 14.6 Å². The van der Waals surface area contributed by atoms with Crippen molar-refractivity contribution in [2.75, 3.05) is 14.2 Å². The molecule has 7 nitrogen and oxygen atoms in total. The van der Waals surface area contributed by atoms with Crippen molar-refractivity contribution >= 4 is 12.0 Å². The molecular weight excluding hydrogens is 312 g/mol. The molecular formula is C17H24N2O5. The predicted octanol–water partition coefficient (Wildman–Crippen LogP) is 2.15. The Morgan fingerprint density at radius 1 is 1.17 bits per heavy atom. The number of aliphatic carboxylic acids is 1. The number of rotatable bonds is 6. The van der Waals surface area contributed by atoms with E-state index in [2.05, 4.69) is 10.6 Å². The lowest BCUT2D eigenvalue weighted by atomic mass is 9.86. The number of hydrogen-bond donors (Lipinski definition) is 3. The molecule has 1 aromatic rings. The summed E-state index contributed by atoms with van der Waals surface area (Å²) in [4.78, 5) is 22.9. The van der Waals surface area contributed by atoms with Crippen molar-refractivity contribution in [3.63, 3.8) is 0 Å².